The van der Waals surface area contributed by atoms with E-state index in [4.69, 9.17) is 21.1 Å². The fraction of sp³-hybridized carbons (Fsp3) is 0.120. The Balaban J connectivity index is 1.85. The molecule has 1 amide bonds. The number of rotatable bonds is 10. The van der Waals surface area contributed by atoms with Crippen molar-refractivity contribution < 1.29 is 24.1 Å². The summed E-state index contributed by atoms with van der Waals surface area (Å²) in [5, 5.41) is 34.1. The number of nitro benzene ring substituents is 2. The van der Waals surface area contributed by atoms with Crippen LogP contribution in [0.25, 0.3) is 6.08 Å². The molecule has 0 aliphatic rings. The highest BCUT2D eigenvalue weighted by Crippen LogP contribution is 2.38. The lowest BCUT2D eigenvalue weighted by Gasteiger charge is -2.15. The molecule has 3 aromatic carbocycles. The van der Waals surface area contributed by atoms with E-state index >= 15 is 0 Å². The number of non-ortho nitro benzene ring substituents is 2. The van der Waals surface area contributed by atoms with Crippen LogP contribution in [-0.2, 0) is 11.4 Å². The van der Waals surface area contributed by atoms with Gasteiger partial charge >= 0.3 is 0 Å². The van der Waals surface area contributed by atoms with Crippen LogP contribution in [0, 0.1) is 31.6 Å². The SMILES string of the molecule is CCOc1cc(/C=C(\C#N)C(=O)Nc2cccc([N+](=O)[O-])c2)cc(Cl)c1OCc1cccc([N+](=O)[O-])c1. The zero-order valence-electron chi connectivity index (χ0n) is 19.3. The first-order chi connectivity index (χ1) is 17.7. The third-order valence-corrected chi connectivity index (χ3v) is 5.11. The summed E-state index contributed by atoms with van der Waals surface area (Å²) in [6.07, 6.45) is 1.28. The first kappa shape index (κ1) is 26.7. The van der Waals surface area contributed by atoms with Gasteiger partial charge in [-0.1, -0.05) is 29.8 Å². The van der Waals surface area contributed by atoms with Crippen LogP contribution in [0.4, 0.5) is 17.1 Å². The number of hydrogen-bond donors (Lipinski definition) is 1. The summed E-state index contributed by atoms with van der Waals surface area (Å²) in [6.45, 7) is 1.98. The Kier molecular flexibility index (Phi) is 8.75. The highest BCUT2D eigenvalue weighted by atomic mass is 35.5. The lowest BCUT2D eigenvalue weighted by Crippen LogP contribution is -2.13. The van der Waals surface area contributed by atoms with E-state index in [0.717, 1.165) is 0 Å². The number of nitro groups is 2. The predicted molar refractivity (Wildman–Crippen MR) is 135 cm³/mol. The third kappa shape index (κ3) is 7.03. The molecule has 0 fully saturated rings. The molecule has 0 saturated carbocycles. The molecule has 0 spiro atoms. The molecule has 3 aromatic rings. The number of benzene rings is 3. The van der Waals surface area contributed by atoms with E-state index in [2.05, 4.69) is 5.32 Å². The highest BCUT2D eigenvalue weighted by molar-refractivity contribution is 6.32. The number of hydrogen-bond acceptors (Lipinski definition) is 8. The second-order valence-electron chi connectivity index (χ2n) is 7.41. The van der Waals surface area contributed by atoms with Gasteiger partial charge in [-0.05, 0) is 42.3 Å². The number of carbonyl (C=O) groups excluding carboxylic acids is 1. The minimum atomic E-state index is -0.775. The van der Waals surface area contributed by atoms with Gasteiger partial charge in [0.05, 0.1) is 21.5 Å². The first-order valence-corrected chi connectivity index (χ1v) is 11.1. The molecule has 0 bridgehead atoms. The maximum Gasteiger partial charge on any atom is 0.271 e. The zero-order valence-corrected chi connectivity index (χ0v) is 20.1. The van der Waals surface area contributed by atoms with Gasteiger partial charge in [-0.3, -0.25) is 25.0 Å². The fourth-order valence-electron chi connectivity index (χ4n) is 3.20. The van der Waals surface area contributed by atoms with E-state index in [1.807, 2.05) is 0 Å². The molecule has 0 radical (unpaired) electrons. The molecule has 0 aliphatic heterocycles. The average molecular weight is 523 g/mol. The van der Waals surface area contributed by atoms with Crippen LogP contribution in [0.3, 0.4) is 0 Å². The molecule has 0 atom stereocenters. The maximum atomic E-state index is 12.6. The van der Waals surface area contributed by atoms with Crippen molar-refractivity contribution in [3.8, 4) is 17.6 Å². The van der Waals surface area contributed by atoms with Gasteiger partial charge in [0.2, 0.25) is 0 Å². The standard InChI is InChI=1S/C25H19ClN4O7/c1-2-36-23-12-17(9-18(14-27)25(31)28-19-6-4-8-21(13-19)30(34)35)11-22(26)24(23)37-15-16-5-3-7-20(10-16)29(32)33/h3-13H,2,15H2,1H3,(H,28,31)/b18-9+. The van der Waals surface area contributed by atoms with Gasteiger partial charge in [0, 0.05) is 30.0 Å². The Hall–Kier alpha value is -4.95. The molecule has 0 aliphatic carbocycles. The second kappa shape index (κ2) is 12.1. The Morgan fingerprint density at radius 2 is 1.73 bits per heavy atom. The monoisotopic (exact) mass is 522 g/mol. The normalized spacial score (nSPS) is 10.8. The number of nitriles is 1. The molecular weight excluding hydrogens is 504 g/mol. The minimum absolute atomic E-state index is 0.0221. The Morgan fingerprint density at radius 3 is 2.38 bits per heavy atom. The summed E-state index contributed by atoms with van der Waals surface area (Å²) in [6, 6.07) is 16.0. The quantitative estimate of drug-likeness (QED) is 0.154. The Morgan fingerprint density at radius 1 is 1.05 bits per heavy atom. The smallest absolute Gasteiger partial charge is 0.271 e. The predicted octanol–water partition coefficient (Wildman–Crippen LogP) is 5.68. The molecule has 0 unspecified atom stereocenters. The van der Waals surface area contributed by atoms with Crippen LogP contribution >= 0.6 is 11.6 Å². The second-order valence-corrected chi connectivity index (χ2v) is 7.82. The number of anilines is 1. The lowest BCUT2D eigenvalue weighted by molar-refractivity contribution is -0.385. The molecule has 188 valence electrons. The number of nitrogens with one attached hydrogen (secondary N) is 1. The molecule has 37 heavy (non-hydrogen) atoms. The summed E-state index contributed by atoms with van der Waals surface area (Å²) in [4.78, 5) is 33.5. The fourth-order valence-corrected chi connectivity index (χ4v) is 3.47. The van der Waals surface area contributed by atoms with Crippen molar-refractivity contribution in [1.82, 2.24) is 0 Å². The van der Waals surface area contributed by atoms with E-state index < -0.39 is 15.8 Å². The molecule has 11 nitrogen and oxygen atoms in total. The van der Waals surface area contributed by atoms with Gasteiger partial charge in [0.1, 0.15) is 18.2 Å². The van der Waals surface area contributed by atoms with Crippen molar-refractivity contribution >= 4 is 40.6 Å². The molecule has 0 saturated heterocycles. The van der Waals surface area contributed by atoms with Crippen LogP contribution in [0.5, 0.6) is 11.5 Å². The topological polar surface area (TPSA) is 158 Å². The summed E-state index contributed by atoms with van der Waals surface area (Å²) in [7, 11) is 0. The maximum absolute atomic E-state index is 12.6. The number of halogens is 1. The third-order valence-electron chi connectivity index (χ3n) is 4.83. The number of carbonyl (C=O) groups is 1. The first-order valence-electron chi connectivity index (χ1n) is 10.7. The van der Waals surface area contributed by atoms with Crippen molar-refractivity contribution in [3.05, 3.63) is 103 Å². The summed E-state index contributed by atoms with van der Waals surface area (Å²) in [5.41, 5.74) is 0.482. The lowest BCUT2D eigenvalue weighted by atomic mass is 10.1. The van der Waals surface area contributed by atoms with Crippen LogP contribution in [0.2, 0.25) is 5.02 Å². The van der Waals surface area contributed by atoms with Crippen molar-refractivity contribution in [2.24, 2.45) is 0 Å². The van der Waals surface area contributed by atoms with E-state index in [1.54, 1.807) is 19.1 Å². The van der Waals surface area contributed by atoms with Crippen LogP contribution in [0.1, 0.15) is 18.1 Å². The Labute approximate surface area is 215 Å². The highest BCUT2D eigenvalue weighted by Gasteiger charge is 2.16. The molecule has 12 heteroatoms. The van der Waals surface area contributed by atoms with E-state index in [0.29, 0.717) is 11.1 Å². The van der Waals surface area contributed by atoms with Crippen LogP contribution in [0.15, 0.2) is 66.2 Å². The largest absolute Gasteiger partial charge is 0.490 e. The van der Waals surface area contributed by atoms with Gasteiger partial charge in [-0.15, -0.1) is 0 Å². The van der Waals surface area contributed by atoms with E-state index in [1.165, 1.54) is 60.7 Å². The molecule has 0 aromatic heterocycles. The van der Waals surface area contributed by atoms with Crippen LogP contribution < -0.4 is 14.8 Å². The average Bonchev–Trinajstić information content (AvgIpc) is 2.87. The van der Waals surface area contributed by atoms with Gasteiger partial charge in [0.25, 0.3) is 17.3 Å². The van der Waals surface area contributed by atoms with Crippen molar-refractivity contribution in [3.63, 3.8) is 0 Å². The van der Waals surface area contributed by atoms with Gasteiger partial charge in [-0.25, -0.2) is 0 Å². The van der Waals surface area contributed by atoms with Gasteiger partial charge in [0.15, 0.2) is 11.5 Å². The minimum Gasteiger partial charge on any atom is -0.490 e. The van der Waals surface area contributed by atoms with E-state index in [9.17, 15) is 30.3 Å². The number of ether oxygens (including phenoxy) is 2. The van der Waals surface area contributed by atoms with Crippen molar-refractivity contribution in [1.29, 1.82) is 5.26 Å². The zero-order chi connectivity index (χ0) is 26.9. The van der Waals surface area contributed by atoms with E-state index in [-0.39, 0.29) is 52.4 Å². The summed E-state index contributed by atoms with van der Waals surface area (Å²) in [5.74, 6) is -0.349. The number of amides is 1. The number of nitrogens with zero attached hydrogens (tertiary/aromatic N) is 3. The van der Waals surface area contributed by atoms with Crippen LogP contribution in [-0.4, -0.2) is 22.4 Å². The molecular formula is C25H19ClN4O7. The Bertz CT molecular complexity index is 1430. The molecule has 3 rings (SSSR count). The van der Waals surface area contributed by atoms with Crippen molar-refractivity contribution in [2.45, 2.75) is 13.5 Å². The molecule has 1 N–H and O–H groups in total. The van der Waals surface area contributed by atoms with Gasteiger partial charge in [-0.2, -0.15) is 5.26 Å². The van der Waals surface area contributed by atoms with Crippen molar-refractivity contribution in [2.75, 3.05) is 11.9 Å². The summed E-state index contributed by atoms with van der Waals surface area (Å²) >= 11 is 6.41. The van der Waals surface area contributed by atoms with Gasteiger partial charge < -0.3 is 14.8 Å². The molecule has 0 heterocycles. The summed E-state index contributed by atoms with van der Waals surface area (Å²) < 4.78 is 11.4.